The molecule has 2 aliphatic heterocycles. The summed E-state index contributed by atoms with van der Waals surface area (Å²) in [5.41, 5.74) is 5.56. The standard InChI is InChI=1S/C23H39N3O16/c1-7(13(24)20(35)36)40-21-15(26-9(3)29)18(34)17(33)12(41-21)6-39-23(22(37)38)4-10(30)14(25-8(2)28)19(42-23)16(32)11(31)5-27/h7,10-19,21,27,30-34H,4-6,24H2,1-3H3,(H,25,28)(H,26,29)(H,35,36)(H,37,38)/t7-,10+,11-,12-,13+,14-,15-,16-,17+,18-,19-,21+,23-/m1/s1. The monoisotopic (exact) mass is 613 g/mol. The van der Waals surface area contributed by atoms with Crippen LogP contribution in [-0.4, -0.2) is 157 Å². The highest BCUT2D eigenvalue weighted by Crippen LogP contribution is 2.35. The highest BCUT2D eigenvalue weighted by atomic mass is 16.7. The minimum atomic E-state index is -2.78. The third-order valence-corrected chi connectivity index (χ3v) is 6.88. The first kappa shape index (κ1) is 35.6. The number of ether oxygens (including phenoxy) is 4. The van der Waals surface area contributed by atoms with Crippen LogP contribution in [0.25, 0.3) is 0 Å². The minimum Gasteiger partial charge on any atom is -0.480 e. The number of amides is 2. The summed E-state index contributed by atoms with van der Waals surface area (Å²) in [4.78, 5) is 47.0. The molecule has 19 heteroatoms. The number of rotatable bonds is 13. The SMILES string of the molecule is CC(=O)N[C@H]1[C@@H](O[C@H](C)[C@H](N)C(=O)O)O[C@H](CO[C@]2(C(=O)O)C[C@H](O)[C@@H](NC(C)=O)[C@H]([C@H](O)[C@H](O)CO)O2)[C@H](O)[C@@H]1O. The number of carboxylic acid groups (broad SMARTS) is 2. The first-order valence-corrected chi connectivity index (χ1v) is 12.9. The predicted octanol–water partition coefficient (Wildman–Crippen LogP) is -6.08. The van der Waals surface area contributed by atoms with E-state index in [0.29, 0.717) is 0 Å². The van der Waals surface area contributed by atoms with E-state index in [-0.39, 0.29) is 0 Å². The average molecular weight is 614 g/mol. The zero-order valence-electron chi connectivity index (χ0n) is 23.0. The van der Waals surface area contributed by atoms with Crippen LogP contribution < -0.4 is 16.4 Å². The van der Waals surface area contributed by atoms with E-state index < -0.39 is 122 Å². The molecule has 13 atom stereocenters. The van der Waals surface area contributed by atoms with Gasteiger partial charge in [-0.2, -0.15) is 0 Å². The maximum atomic E-state index is 12.4. The molecule has 0 radical (unpaired) electrons. The van der Waals surface area contributed by atoms with Gasteiger partial charge >= 0.3 is 11.9 Å². The van der Waals surface area contributed by atoms with Crippen molar-refractivity contribution in [1.29, 1.82) is 0 Å². The Morgan fingerprint density at radius 3 is 2.10 bits per heavy atom. The average Bonchev–Trinajstić information content (AvgIpc) is 2.91. The fourth-order valence-electron chi connectivity index (χ4n) is 4.56. The van der Waals surface area contributed by atoms with Crippen LogP contribution in [0.4, 0.5) is 0 Å². The van der Waals surface area contributed by atoms with Gasteiger partial charge in [0.25, 0.3) is 5.79 Å². The summed E-state index contributed by atoms with van der Waals surface area (Å²) < 4.78 is 22.1. The Hall–Kier alpha value is -2.56. The molecule has 0 spiro atoms. The van der Waals surface area contributed by atoms with E-state index in [1.54, 1.807) is 0 Å². The van der Waals surface area contributed by atoms with Crippen molar-refractivity contribution in [2.75, 3.05) is 13.2 Å². The predicted molar refractivity (Wildman–Crippen MR) is 133 cm³/mol. The lowest BCUT2D eigenvalue weighted by Gasteiger charge is -2.48. The molecule has 2 heterocycles. The number of carboxylic acids is 2. The number of aliphatic hydroxyl groups is 6. The summed E-state index contributed by atoms with van der Waals surface area (Å²) in [6.45, 7) is 1.54. The molecule has 2 amide bonds. The second-order valence-corrected chi connectivity index (χ2v) is 10.1. The van der Waals surface area contributed by atoms with Crippen LogP contribution in [0, 0.1) is 0 Å². The van der Waals surface area contributed by atoms with Crippen LogP contribution in [0.3, 0.4) is 0 Å². The van der Waals surface area contributed by atoms with Crippen LogP contribution in [0.5, 0.6) is 0 Å². The molecule has 0 saturated carbocycles. The van der Waals surface area contributed by atoms with Gasteiger partial charge in [0.2, 0.25) is 11.8 Å². The van der Waals surface area contributed by atoms with Crippen molar-refractivity contribution in [2.24, 2.45) is 5.73 Å². The van der Waals surface area contributed by atoms with Gasteiger partial charge in [0.15, 0.2) is 6.29 Å². The largest absolute Gasteiger partial charge is 0.480 e. The lowest BCUT2D eigenvalue weighted by Crippen LogP contribution is -2.69. The molecule has 0 aliphatic carbocycles. The minimum absolute atomic E-state index is 0.675. The van der Waals surface area contributed by atoms with Gasteiger partial charge in [0, 0.05) is 20.3 Å². The Labute approximate surface area is 239 Å². The van der Waals surface area contributed by atoms with E-state index in [9.17, 15) is 54.9 Å². The summed E-state index contributed by atoms with van der Waals surface area (Å²) >= 11 is 0. The van der Waals surface area contributed by atoms with Crippen molar-refractivity contribution in [1.82, 2.24) is 10.6 Å². The Morgan fingerprint density at radius 2 is 1.60 bits per heavy atom. The van der Waals surface area contributed by atoms with Crippen LogP contribution in [0.1, 0.15) is 27.2 Å². The normalized spacial score (nSPS) is 36.2. The molecule has 2 aliphatic rings. The van der Waals surface area contributed by atoms with Crippen molar-refractivity contribution in [3.63, 3.8) is 0 Å². The van der Waals surface area contributed by atoms with Crippen LogP contribution in [-0.2, 0) is 38.1 Å². The molecule has 12 N–H and O–H groups in total. The van der Waals surface area contributed by atoms with Gasteiger partial charge in [-0.3, -0.25) is 14.4 Å². The highest BCUT2D eigenvalue weighted by molar-refractivity contribution is 5.76. The summed E-state index contributed by atoms with van der Waals surface area (Å²) in [6.07, 6.45) is -16.5. The van der Waals surface area contributed by atoms with Crippen molar-refractivity contribution in [3.05, 3.63) is 0 Å². The molecule has 0 aromatic heterocycles. The van der Waals surface area contributed by atoms with Crippen molar-refractivity contribution in [3.8, 4) is 0 Å². The van der Waals surface area contributed by atoms with E-state index in [2.05, 4.69) is 10.6 Å². The van der Waals surface area contributed by atoms with Gasteiger partial charge in [0.1, 0.15) is 48.7 Å². The summed E-state index contributed by atoms with van der Waals surface area (Å²) in [5, 5.41) is 85.6. The fourth-order valence-corrected chi connectivity index (χ4v) is 4.56. The van der Waals surface area contributed by atoms with E-state index in [1.165, 1.54) is 6.92 Å². The third-order valence-electron chi connectivity index (χ3n) is 6.88. The van der Waals surface area contributed by atoms with Crippen LogP contribution in [0.15, 0.2) is 0 Å². The van der Waals surface area contributed by atoms with E-state index in [0.717, 1.165) is 13.8 Å². The molecule has 19 nitrogen and oxygen atoms in total. The lowest BCUT2D eigenvalue weighted by atomic mass is 9.88. The molecule has 0 bridgehead atoms. The Bertz CT molecular complexity index is 972. The number of hydrogen-bond donors (Lipinski definition) is 11. The number of carbonyl (C=O) groups excluding carboxylic acids is 2. The molecule has 0 aromatic rings. The van der Waals surface area contributed by atoms with Gasteiger partial charge in [-0.1, -0.05) is 0 Å². The number of carbonyl (C=O) groups is 4. The highest BCUT2D eigenvalue weighted by Gasteiger charge is 2.57. The quantitative estimate of drug-likeness (QED) is 0.0920. The van der Waals surface area contributed by atoms with Gasteiger partial charge in [-0.15, -0.1) is 0 Å². The maximum Gasteiger partial charge on any atom is 0.364 e. The van der Waals surface area contributed by atoms with Gasteiger partial charge in [0.05, 0.1) is 31.5 Å². The van der Waals surface area contributed by atoms with Gasteiger partial charge < -0.3 is 76.2 Å². The Kier molecular flexibility index (Phi) is 12.5. The topological polar surface area (TPSA) is 317 Å². The second-order valence-electron chi connectivity index (χ2n) is 10.1. The first-order valence-electron chi connectivity index (χ1n) is 12.9. The zero-order valence-corrected chi connectivity index (χ0v) is 23.0. The summed E-state index contributed by atoms with van der Waals surface area (Å²) in [5.74, 6) is -7.44. The number of nitrogens with one attached hydrogen (secondary N) is 2. The first-order chi connectivity index (χ1) is 19.4. The molecule has 0 aromatic carbocycles. The molecular weight excluding hydrogens is 574 g/mol. The molecule has 42 heavy (non-hydrogen) atoms. The smallest absolute Gasteiger partial charge is 0.364 e. The maximum absolute atomic E-state index is 12.4. The molecular formula is C23H39N3O16. The Balaban J connectivity index is 2.34. The van der Waals surface area contributed by atoms with Gasteiger partial charge in [-0.05, 0) is 6.92 Å². The van der Waals surface area contributed by atoms with Crippen LogP contribution >= 0.6 is 0 Å². The second kappa shape index (κ2) is 14.8. The number of hydrogen-bond acceptors (Lipinski definition) is 15. The van der Waals surface area contributed by atoms with Crippen molar-refractivity contribution < 1.29 is 79.0 Å². The number of nitrogens with two attached hydrogens (primary N) is 1. The molecule has 2 saturated heterocycles. The number of aliphatic carboxylic acids is 2. The lowest BCUT2D eigenvalue weighted by molar-refractivity contribution is -0.332. The fraction of sp³-hybridized carbons (Fsp3) is 0.826. The van der Waals surface area contributed by atoms with Gasteiger partial charge in [-0.25, -0.2) is 4.79 Å². The van der Waals surface area contributed by atoms with E-state index in [4.69, 9.17) is 29.8 Å². The molecule has 0 unspecified atom stereocenters. The molecule has 2 rings (SSSR count). The van der Waals surface area contributed by atoms with Crippen molar-refractivity contribution in [2.45, 2.75) is 106 Å². The third kappa shape index (κ3) is 8.29. The number of aliphatic hydroxyl groups excluding tert-OH is 6. The zero-order chi connectivity index (χ0) is 32.1. The summed E-state index contributed by atoms with van der Waals surface area (Å²) in [6, 6.07) is -4.45. The molecule has 242 valence electrons. The van der Waals surface area contributed by atoms with Crippen molar-refractivity contribution >= 4 is 23.8 Å². The van der Waals surface area contributed by atoms with E-state index >= 15 is 0 Å². The summed E-state index contributed by atoms with van der Waals surface area (Å²) in [7, 11) is 0. The molecule has 2 fully saturated rings. The van der Waals surface area contributed by atoms with E-state index in [1.807, 2.05) is 0 Å². The Morgan fingerprint density at radius 1 is 1.02 bits per heavy atom. The van der Waals surface area contributed by atoms with Crippen LogP contribution in [0.2, 0.25) is 0 Å².